The fourth-order valence-corrected chi connectivity index (χ4v) is 4.33. The van der Waals surface area contributed by atoms with Crippen molar-refractivity contribution in [1.82, 2.24) is 19.2 Å². The number of nitrogens with zero attached hydrogens (tertiary/aromatic N) is 4. The third-order valence-electron chi connectivity index (χ3n) is 4.11. The van der Waals surface area contributed by atoms with Crippen molar-refractivity contribution in [2.75, 3.05) is 39.0 Å². The highest BCUT2D eigenvalue weighted by Gasteiger charge is 2.22. The van der Waals surface area contributed by atoms with Gasteiger partial charge in [-0.1, -0.05) is 0 Å². The van der Waals surface area contributed by atoms with Crippen molar-refractivity contribution in [3.63, 3.8) is 0 Å². The summed E-state index contributed by atoms with van der Waals surface area (Å²) >= 11 is 2.85. The number of fused-ring (bicyclic) bond motifs is 1. The molecule has 2 aromatic rings. The molecule has 1 aliphatic heterocycles. The van der Waals surface area contributed by atoms with Crippen molar-refractivity contribution in [2.24, 2.45) is 0 Å². The Morgan fingerprint density at radius 3 is 2.85 bits per heavy atom. The molecule has 0 aromatic carbocycles. The standard InChI is InChI=1S/C16H20N4O4S2/c1-24-16(23)19-4-2-3-18(5-6-19)14(22)11-25-10-12-9-13(21)20-7-8-26-15(20)17-12/h7-9H,2-6,10-11H2,1H3. The van der Waals surface area contributed by atoms with E-state index in [1.165, 1.54) is 40.7 Å². The van der Waals surface area contributed by atoms with Gasteiger partial charge in [0.05, 0.1) is 18.6 Å². The lowest BCUT2D eigenvalue weighted by molar-refractivity contribution is -0.128. The van der Waals surface area contributed by atoms with E-state index in [0.717, 1.165) is 6.42 Å². The van der Waals surface area contributed by atoms with E-state index in [2.05, 4.69) is 4.98 Å². The predicted octanol–water partition coefficient (Wildman–Crippen LogP) is 1.29. The maximum Gasteiger partial charge on any atom is 0.409 e. The number of thiazole rings is 1. The molecule has 2 aromatic heterocycles. The molecule has 0 unspecified atom stereocenters. The lowest BCUT2D eigenvalue weighted by Gasteiger charge is -2.21. The maximum absolute atomic E-state index is 12.4. The van der Waals surface area contributed by atoms with Crippen LogP contribution >= 0.6 is 23.1 Å². The number of rotatable bonds is 4. The minimum absolute atomic E-state index is 0.0376. The summed E-state index contributed by atoms with van der Waals surface area (Å²) in [5.41, 5.74) is 0.580. The minimum Gasteiger partial charge on any atom is -0.453 e. The van der Waals surface area contributed by atoms with Gasteiger partial charge in [0.2, 0.25) is 5.91 Å². The number of amides is 2. The van der Waals surface area contributed by atoms with E-state index in [1.807, 2.05) is 5.38 Å². The summed E-state index contributed by atoms with van der Waals surface area (Å²) in [5.74, 6) is 0.872. The summed E-state index contributed by atoms with van der Waals surface area (Å²) in [6, 6.07) is 1.51. The van der Waals surface area contributed by atoms with Gasteiger partial charge in [0.25, 0.3) is 5.56 Å². The highest BCUT2D eigenvalue weighted by molar-refractivity contribution is 7.99. The van der Waals surface area contributed by atoms with Crippen LogP contribution in [0.4, 0.5) is 4.79 Å². The predicted molar refractivity (Wildman–Crippen MR) is 101 cm³/mol. The molecule has 0 radical (unpaired) electrons. The largest absolute Gasteiger partial charge is 0.453 e. The molecule has 1 fully saturated rings. The molecule has 0 aliphatic carbocycles. The average Bonchev–Trinajstić information content (AvgIpc) is 2.97. The molecule has 0 N–H and O–H groups in total. The highest BCUT2D eigenvalue weighted by Crippen LogP contribution is 2.14. The molecule has 0 spiro atoms. The van der Waals surface area contributed by atoms with Gasteiger partial charge in [0.15, 0.2) is 4.96 Å². The van der Waals surface area contributed by atoms with Crippen molar-refractivity contribution >= 4 is 40.1 Å². The Hall–Kier alpha value is -2.07. The van der Waals surface area contributed by atoms with Gasteiger partial charge in [0.1, 0.15) is 0 Å². The number of carbonyl (C=O) groups is 2. The van der Waals surface area contributed by atoms with Gasteiger partial charge in [0, 0.05) is 49.6 Å². The second kappa shape index (κ2) is 8.54. The molecule has 140 valence electrons. The van der Waals surface area contributed by atoms with E-state index in [4.69, 9.17) is 4.74 Å². The first-order chi connectivity index (χ1) is 12.6. The molecule has 10 heteroatoms. The van der Waals surface area contributed by atoms with Gasteiger partial charge >= 0.3 is 6.09 Å². The smallest absolute Gasteiger partial charge is 0.409 e. The van der Waals surface area contributed by atoms with Gasteiger partial charge in [-0.25, -0.2) is 9.78 Å². The third-order valence-corrected chi connectivity index (χ3v) is 5.82. The molecule has 1 aliphatic rings. The molecular weight excluding hydrogens is 376 g/mol. The number of ether oxygens (including phenoxy) is 1. The molecule has 0 bridgehead atoms. The zero-order valence-electron chi connectivity index (χ0n) is 14.4. The van der Waals surface area contributed by atoms with E-state index < -0.39 is 0 Å². The molecule has 3 rings (SSSR count). The van der Waals surface area contributed by atoms with E-state index in [-0.39, 0.29) is 17.6 Å². The maximum atomic E-state index is 12.4. The minimum atomic E-state index is -0.352. The molecule has 2 amide bonds. The van der Waals surface area contributed by atoms with Crippen LogP contribution in [0.1, 0.15) is 12.1 Å². The number of hydrogen-bond acceptors (Lipinski definition) is 7. The van der Waals surface area contributed by atoms with Crippen molar-refractivity contribution in [3.8, 4) is 0 Å². The average molecular weight is 396 g/mol. The van der Waals surface area contributed by atoms with E-state index in [1.54, 1.807) is 16.0 Å². The quantitative estimate of drug-likeness (QED) is 0.774. The van der Waals surface area contributed by atoms with Crippen molar-refractivity contribution < 1.29 is 14.3 Å². The van der Waals surface area contributed by atoms with Gasteiger partial charge in [-0.05, 0) is 6.42 Å². The number of thioether (sulfide) groups is 1. The number of hydrogen-bond donors (Lipinski definition) is 0. The Morgan fingerprint density at radius 2 is 2.04 bits per heavy atom. The molecule has 1 saturated heterocycles. The molecular formula is C16H20N4O4S2. The van der Waals surface area contributed by atoms with Crippen LogP contribution in [0.5, 0.6) is 0 Å². The van der Waals surface area contributed by atoms with E-state index in [9.17, 15) is 14.4 Å². The van der Waals surface area contributed by atoms with Crippen molar-refractivity contribution in [1.29, 1.82) is 0 Å². The Labute approximate surface area is 158 Å². The number of methoxy groups -OCH3 is 1. The van der Waals surface area contributed by atoms with Crippen LogP contribution in [-0.2, 0) is 15.3 Å². The van der Waals surface area contributed by atoms with Gasteiger partial charge in [-0.3, -0.25) is 14.0 Å². The van der Waals surface area contributed by atoms with Crippen LogP contribution in [0.25, 0.3) is 4.96 Å². The summed E-state index contributed by atoms with van der Waals surface area (Å²) in [4.78, 5) is 44.5. The first-order valence-electron chi connectivity index (χ1n) is 8.22. The Bertz CT molecular complexity index is 850. The van der Waals surface area contributed by atoms with Crippen LogP contribution in [0.15, 0.2) is 22.4 Å². The Kier molecular flexibility index (Phi) is 6.15. The monoisotopic (exact) mass is 396 g/mol. The fraction of sp³-hybridized carbons (Fsp3) is 0.500. The topological polar surface area (TPSA) is 84.2 Å². The van der Waals surface area contributed by atoms with Crippen molar-refractivity contribution in [2.45, 2.75) is 12.2 Å². The summed E-state index contributed by atoms with van der Waals surface area (Å²) in [5, 5.41) is 1.82. The van der Waals surface area contributed by atoms with Gasteiger partial charge in [-0.2, -0.15) is 0 Å². The Morgan fingerprint density at radius 1 is 1.27 bits per heavy atom. The number of carbonyl (C=O) groups excluding carboxylic acids is 2. The molecule has 3 heterocycles. The Balaban J connectivity index is 1.50. The summed E-state index contributed by atoms with van der Waals surface area (Å²) < 4.78 is 6.24. The second-order valence-electron chi connectivity index (χ2n) is 5.83. The molecule has 0 atom stereocenters. The van der Waals surface area contributed by atoms with Crippen LogP contribution in [0.3, 0.4) is 0 Å². The zero-order valence-corrected chi connectivity index (χ0v) is 16.1. The molecule has 26 heavy (non-hydrogen) atoms. The summed E-state index contributed by atoms with van der Waals surface area (Å²) in [6.45, 7) is 2.22. The van der Waals surface area contributed by atoms with Crippen LogP contribution in [0.2, 0.25) is 0 Å². The lowest BCUT2D eigenvalue weighted by atomic mass is 10.4. The summed E-state index contributed by atoms with van der Waals surface area (Å²) in [6.07, 6.45) is 2.08. The third kappa shape index (κ3) is 4.36. The van der Waals surface area contributed by atoms with Crippen LogP contribution < -0.4 is 5.56 Å². The fourth-order valence-electron chi connectivity index (χ4n) is 2.77. The normalized spacial score (nSPS) is 15.1. The second-order valence-corrected chi connectivity index (χ2v) is 7.68. The SMILES string of the molecule is COC(=O)N1CCCN(C(=O)CSCc2cc(=O)n3ccsc3n2)CC1. The van der Waals surface area contributed by atoms with Crippen LogP contribution in [-0.4, -0.2) is 70.2 Å². The lowest BCUT2D eigenvalue weighted by Crippen LogP contribution is -2.38. The van der Waals surface area contributed by atoms with E-state index >= 15 is 0 Å². The van der Waals surface area contributed by atoms with Gasteiger partial charge in [-0.15, -0.1) is 23.1 Å². The highest BCUT2D eigenvalue weighted by atomic mass is 32.2. The first kappa shape index (κ1) is 18.7. The van der Waals surface area contributed by atoms with Crippen molar-refractivity contribution in [3.05, 3.63) is 33.7 Å². The molecule has 0 saturated carbocycles. The van der Waals surface area contributed by atoms with Gasteiger partial charge < -0.3 is 14.5 Å². The zero-order chi connectivity index (χ0) is 18.5. The number of aromatic nitrogens is 2. The summed E-state index contributed by atoms with van der Waals surface area (Å²) in [7, 11) is 1.36. The molecule has 8 nitrogen and oxygen atoms in total. The first-order valence-corrected chi connectivity index (χ1v) is 10.3. The van der Waals surface area contributed by atoms with Crippen LogP contribution in [0, 0.1) is 0 Å². The van der Waals surface area contributed by atoms with E-state index in [0.29, 0.717) is 48.3 Å².